The van der Waals surface area contributed by atoms with Crippen LogP contribution in [-0.4, -0.2) is 40.5 Å². The molecular weight excluding hydrogens is 334 g/mol. The van der Waals surface area contributed by atoms with Crippen LogP contribution in [0.25, 0.3) is 0 Å². The Morgan fingerprint density at radius 3 is 2.35 bits per heavy atom. The van der Waals surface area contributed by atoms with Gasteiger partial charge in [0, 0.05) is 6.42 Å². The average Bonchev–Trinajstić information content (AvgIpc) is 2.88. The summed E-state index contributed by atoms with van der Waals surface area (Å²) in [6.07, 6.45) is 6.24. The van der Waals surface area contributed by atoms with Crippen LogP contribution in [0.4, 0.5) is 4.79 Å². The third-order valence-corrected chi connectivity index (χ3v) is 5.34. The zero-order chi connectivity index (χ0) is 19.5. The lowest BCUT2D eigenvalue weighted by Gasteiger charge is -2.31. The summed E-state index contributed by atoms with van der Waals surface area (Å²) in [4.78, 5) is 24.5. The van der Waals surface area contributed by atoms with Crippen molar-refractivity contribution in [3.05, 3.63) is 0 Å². The van der Waals surface area contributed by atoms with Gasteiger partial charge in [-0.2, -0.15) is 0 Å². The minimum Gasteiger partial charge on any atom is -0.460 e. The molecule has 26 heavy (non-hydrogen) atoms. The van der Waals surface area contributed by atoms with E-state index in [1.54, 1.807) is 13.8 Å². The summed E-state index contributed by atoms with van der Waals surface area (Å²) in [5, 5.41) is 13.2. The second kappa shape index (κ2) is 8.15. The van der Waals surface area contributed by atoms with Gasteiger partial charge in [0.15, 0.2) is 0 Å². The van der Waals surface area contributed by atoms with Crippen molar-refractivity contribution < 1.29 is 24.2 Å². The van der Waals surface area contributed by atoms with Crippen molar-refractivity contribution in [2.24, 2.45) is 11.8 Å². The molecule has 0 aromatic rings. The van der Waals surface area contributed by atoms with Crippen molar-refractivity contribution in [2.75, 3.05) is 0 Å². The van der Waals surface area contributed by atoms with E-state index in [1.165, 1.54) is 19.3 Å². The molecule has 1 aliphatic carbocycles. The highest BCUT2D eigenvalue weighted by atomic mass is 16.6. The predicted molar refractivity (Wildman–Crippen MR) is 98.6 cm³/mol. The molecule has 6 nitrogen and oxygen atoms in total. The van der Waals surface area contributed by atoms with Gasteiger partial charge in [-0.05, 0) is 47.0 Å². The van der Waals surface area contributed by atoms with Crippen LogP contribution in [0.2, 0.25) is 0 Å². The number of hydrogen-bond acceptors (Lipinski definition) is 5. The third-order valence-electron chi connectivity index (χ3n) is 5.34. The maximum atomic E-state index is 12.3. The standard InChI is InChI=1S/C20H35NO5/c1-19(2,3)26-18(23)21-15(11-13-9-7-6-8-10-13)16-12-14(17(22)25-16)20(4,5)24/h13-16,24H,6-12H2,1-5H3,(H,21,23). The monoisotopic (exact) mass is 369 g/mol. The molecule has 0 radical (unpaired) electrons. The summed E-state index contributed by atoms with van der Waals surface area (Å²) < 4.78 is 11.0. The lowest BCUT2D eigenvalue weighted by Crippen LogP contribution is -2.46. The summed E-state index contributed by atoms with van der Waals surface area (Å²) in [6.45, 7) is 8.71. The molecule has 2 N–H and O–H groups in total. The second-order valence-corrected chi connectivity index (χ2v) is 9.41. The van der Waals surface area contributed by atoms with E-state index in [4.69, 9.17) is 9.47 Å². The van der Waals surface area contributed by atoms with E-state index >= 15 is 0 Å². The number of aliphatic hydroxyl groups is 1. The van der Waals surface area contributed by atoms with E-state index in [-0.39, 0.29) is 12.0 Å². The van der Waals surface area contributed by atoms with Crippen molar-refractivity contribution >= 4 is 12.1 Å². The van der Waals surface area contributed by atoms with Crippen LogP contribution in [0.15, 0.2) is 0 Å². The highest BCUT2D eigenvalue weighted by Gasteiger charge is 2.46. The summed E-state index contributed by atoms with van der Waals surface area (Å²) in [5.41, 5.74) is -1.71. The molecule has 1 saturated heterocycles. The van der Waals surface area contributed by atoms with Gasteiger partial charge in [0.2, 0.25) is 0 Å². The molecule has 1 saturated carbocycles. The molecule has 1 amide bonds. The number of amides is 1. The van der Waals surface area contributed by atoms with Crippen LogP contribution in [0.1, 0.15) is 79.6 Å². The first kappa shape index (κ1) is 21.0. The van der Waals surface area contributed by atoms with Crippen LogP contribution < -0.4 is 5.32 Å². The van der Waals surface area contributed by atoms with E-state index in [1.807, 2.05) is 20.8 Å². The fourth-order valence-electron chi connectivity index (χ4n) is 3.98. The number of alkyl carbamates (subject to hydrolysis) is 1. The Hall–Kier alpha value is -1.30. The largest absolute Gasteiger partial charge is 0.460 e. The van der Waals surface area contributed by atoms with Gasteiger partial charge in [-0.1, -0.05) is 32.1 Å². The van der Waals surface area contributed by atoms with Crippen molar-refractivity contribution in [1.29, 1.82) is 0 Å². The van der Waals surface area contributed by atoms with Gasteiger partial charge < -0.3 is 19.9 Å². The topological polar surface area (TPSA) is 84.9 Å². The summed E-state index contributed by atoms with van der Waals surface area (Å²) in [5.74, 6) is -0.437. The summed E-state index contributed by atoms with van der Waals surface area (Å²) >= 11 is 0. The van der Waals surface area contributed by atoms with Gasteiger partial charge in [0.1, 0.15) is 11.7 Å². The number of nitrogens with one attached hydrogen (secondary N) is 1. The highest BCUT2D eigenvalue weighted by molar-refractivity contribution is 5.76. The van der Waals surface area contributed by atoms with Gasteiger partial charge in [-0.25, -0.2) is 4.79 Å². The molecule has 0 aromatic heterocycles. The van der Waals surface area contributed by atoms with Crippen LogP contribution in [0.5, 0.6) is 0 Å². The van der Waals surface area contributed by atoms with Gasteiger partial charge >= 0.3 is 12.1 Å². The Bertz CT molecular complexity index is 499. The average molecular weight is 370 g/mol. The van der Waals surface area contributed by atoms with E-state index in [9.17, 15) is 14.7 Å². The zero-order valence-electron chi connectivity index (χ0n) is 16.8. The number of cyclic esters (lactones) is 1. The first-order valence-corrected chi connectivity index (χ1v) is 9.88. The minimum absolute atomic E-state index is 0.288. The summed E-state index contributed by atoms with van der Waals surface area (Å²) in [7, 11) is 0. The van der Waals surface area contributed by atoms with Gasteiger partial charge in [0.25, 0.3) is 0 Å². The Labute approximate surface area is 157 Å². The van der Waals surface area contributed by atoms with Crippen molar-refractivity contribution in [3.63, 3.8) is 0 Å². The molecular formula is C20H35NO5. The van der Waals surface area contributed by atoms with Crippen LogP contribution in [0, 0.1) is 11.8 Å². The van der Waals surface area contributed by atoms with Crippen LogP contribution >= 0.6 is 0 Å². The molecule has 3 unspecified atom stereocenters. The van der Waals surface area contributed by atoms with Crippen molar-refractivity contribution in [1.82, 2.24) is 5.32 Å². The maximum Gasteiger partial charge on any atom is 0.408 e. The molecule has 1 aliphatic heterocycles. The lowest BCUT2D eigenvalue weighted by molar-refractivity contribution is -0.150. The number of esters is 1. The number of rotatable bonds is 5. The van der Waals surface area contributed by atoms with Gasteiger partial charge in [-0.15, -0.1) is 0 Å². The fourth-order valence-corrected chi connectivity index (χ4v) is 3.98. The van der Waals surface area contributed by atoms with E-state index in [2.05, 4.69) is 5.32 Å². The van der Waals surface area contributed by atoms with Crippen molar-refractivity contribution in [3.8, 4) is 0 Å². The molecule has 1 heterocycles. The lowest BCUT2D eigenvalue weighted by atomic mass is 9.81. The highest BCUT2D eigenvalue weighted by Crippen LogP contribution is 2.35. The SMILES string of the molecule is CC(C)(C)OC(=O)NC(CC1CCCCC1)C1CC(C(C)(C)O)C(=O)O1. The second-order valence-electron chi connectivity index (χ2n) is 9.41. The molecule has 0 bridgehead atoms. The third kappa shape index (κ3) is 6.15. The summed E-state index contributed by atoms with van der Waals surface area (Å²) in [6, 6.07) is -0.288. The Morgan fingerprint density at radius 2 is 1.85 bits per heavy atom. The quantitative estimate of drug-likeness (QED) is 0.724. The Morgan fingerprint density at radius 1 is 1.23 bits per heavy atom. The number of carbonyl (C=O) groups is 2. The number of hydrogen-bond donors (Lipinski definition) is 2. The first-order chi connectivity index (χ1) is 12.0. The van der Waals surface area contributed by atoms with E-state index in [0.717, 1.165) is 19.3 Å². The molecule has 0 aromatic carbocycles. The Kier molecular flexibility index (Phi) is 6.59. The molecule has 2 rings (SSSR count). The minimum atomic E-state index is -1.13. The van der Waals surface area contributed by atoms with Crippen LogP contribution in [-0.2, 0) is 14.3 Å². The molecule has 3 atom stereocenters. The van der Waals surface area contributed by atoms with Gasteiger partial charge in [0.05, 0.1) is 17.6 Å². The van der Waals surface area contributed by atoms with Gasteiger partial charge in [-0.3, -0.25) is 4.79 Å². The number of ether oxygens (including phenoxy) is 2. The zero-order valence-corrected chi connectivity index (χ0v) is 16.8. The Balaban J connectivity index is 2.07. The van der Waals surface area contributed by atoms with Crippen molar-refractivity contribution in [2.45, 2.75) is 103 Å². The fraction of sp³-hybridized carbons (Fsp3) is 0.900. The molecule has 150 valence electrons. The molecule has 6 heteroatoms. The smallest absolute Gasteiger partial charge is 0.408 e. The molecule has 2 aliphatic rings. The first-order valence-electron chi connectivity index (χ1n) is 9.88. The van der Waals surface area contributed by atoms with E-state index in [0.29, 0.717) is 12.3 Å². The maximum absolute atomic E-state index is 12.3. The normalized spacial score (nSPS) is 26.3. The molecule has 0 spiro atoms. The molecule has 2 fully saturated rings. The predicted octanol–water partition coefficient (Wildman–Crippen LogP) is 3.55. The van der Waals surface area contributed by atoms with E-state index < -0.39 is 29.3 Å². The number of carbonyl (C=O) groups excluding carboxylic acids is 2. The van der Waals surface area contributed by atoms with Crippen LogP contribution in [0.3, 0.4) is 0 Å².